The van der Waals surface area contributed by atoms with Gasteiger partial charge >= 0.3 is 0 Å². The second-order valence-electron chi connectivity index (χ2n) is 6.05. The van der Waals surface area contributed by atoms with Gasteiger partial charge in [0.1, 0.15) is 5.75 Å². The van der Waals surface area contributed by atoms with E-state index in [4.69, 9.17) is 4.74 Å². The maximum atomic E-state index is 13.8. The quantitative estimate of drug-likeness (QED) is 0.926. The van der Waals surface area contributed by atoms with Crippen molar-refractivity contribution in [2.24, 2.45) is 0 Å². The van der Waals surface area contributed by atoms with E-state index < -0.39 is 0 Å². The summed E-state index contributed by atoms with van der Waals surface area (Å²) in [4.78, 5) is 16.4. The summed E-state index contributed by atoms with van der Waals surface area (Å²) in [5.74, 6) is -0.285. The van der Waals surface area contributed by atoms with Gasteiger partial charge in [-0.15, -0.1) is 0 Å². The first-order valence-electron chi connectivity index (χ1n) is 8.20. The number of benzene rings is 2. The fourth-order valence-corrected chi connectivity index (χ4v) is 3.00. The molecule has 132 valence electrons. The molecule has 1 amide bonds. The Labute approximate surface area is 146 Å². The number of para-hydroxylation sites is 1. The summed E-state index contributed by atoms with van der Waals surface area (Å²) in [6.45, 7) is 3.18. The maximum absolute atomic E-state index is 13.8. The van der Waals surface area contributed by atoms with E-state index in [1.54, 1.807) is 29.2 Å². The number of rotatable bonds is 4. The molecule has 1 fully saturated rings. The Hall–Kier alpha value is -2.60. The lowest BCUT2D eigenvalue weighted by molar-refractivity contribution is 0.0625. The molecule has 0 unspecified atom stereocenters. The Morgan fingerprint density at radius 2 is 1.88 bits per heavy atom. The normalized spacial score (nSPS) is 15.2. The number of hydrogen-bond acceptors (Lipinski definition) is 4. The van der Waals surface area contributed by atoms with E-state index in [9.17, 15) is 14.3 Å². The monoisotopic (exact) mass is 344 g/mol. The number of amides is 1. The number of carbonyl (C=O) groups is 1. The second-order valence-corrected chi connectivity index (χ2v) is 6.05. The van der Waals surface area contributed by atoms with Crippen LogP contribution in [0.4, 0.5) is 4.39 Å². The molecule has 25 heavy (non-hydrogen) atoms. The number of nitrogens with zero attached hydrogens (tertiary/aromatic N) is 2. The molecule has 3 rings (SSSR count). The van der Waals surface area contributed by atoms with Crippen LogP contribution in [0.25, 0.3) is 0 Å². The Kier molecular flexibility index (Phi) is 5.19. The van der Waals surface area contributed by atoms with Gasteiger partial charge in [0.25, 0.3) is 5.91 Å². The molecule has 1 N–H and O–H groups in total. The van der Waals surface area contributed by atoms with Crippen LogP contribution in [0.1, 0.15) is 15.9 Å². The molecule has 0 atom stereocenters. The average Bonchev–Trinajstić information content (AvgIpc) is 2.62. The van der Waals surface area contributed by atoms with Crippen LogP contribution in [0.5, 0.6) is 11.5 Å². The van der Waals surface area contributed by atoms with Gasteiger partial charge in [0, 0.05) is 32.7 Å². The molecule has 1 heterocycles. The third-order valence-electron chi connectivity index (χ3n) is 4.42. The van der Waals surface area contributed by atoms with Crippen LogP contribution in [0.3, 0.4) is 0 Å². The molecule has 0 aromatic heterocycles. The Balaban J connectivity index is 1.58. The summed E-state index contributed by atoms with van der Waals surface area (Å²) in [5, 5.41) is 9.82. The molecular weight excluding hydrogens is 323 g/mol. The molecule has 6 heteroatoms. The first kappa shape index (κ1) is 17.2. The van der Waals surface area contributed by atoms with Gasteiger partial charge in [-0.3, -0.25) is 9.69 Å². The van der Waals surface area contributed by atoms with Gasteiger partial charge in [-0.2, -0.15) is 0 Å². The summed E-state index contributed by atoms with van der Waals surface area (Å²) < 4.78 is 18.7. The SMILES string of the molecule is COc1ccc(CN2CCN(C(=O)c3ccccc3O)CC2)cc1F. The number of carbonyl (C=O) groups excluding carboxylic acids is 1. The van der Waals surface area contributed by atoms with E-state index in [0.29, 0.717) is 38.3 Å². The predicted molar refractivity (Wildman–Crippen MR) is 92.2 cm³/mol. The number of piperazine rings is 1. The molecule has 2 aromatic rings. The number of halogens is 1. The van der Waals surface area contributed by atoms with Gasteiger partial charge in [0.2, 0.25) is 0 Å². The van der Waals surface area contributed by atoms with E-state index in [2.05, 4.69) is 4.90 Å². The van der Waals surface area contributed by atoms with Crippen molar-refractivity contribution in [3.05, 3.63) is 59.4 Å². The number of methoxy groups -OCH3 is 1. The van der Waals surface area contributed by atoms with Gasteiger partial charge < -0.3 is 14.7 Å². The van der Waals surface area contributed by atoms with Crippen LogP contribution in [0, 0.1) is 5.82 Å². The van der Waals surface area contributed by atoms with E-state index in [0.717, 1.165) is 5.56 Å². The molecule has 5 nitrogen and oxygen atoms in total. The third-order valence-corrected chi connectivity index (χ3v) is 4.42. The molecule has 1 aliphatic rings. The Morgan fingerprint density at radius 1 is 1.16 bits per heavy atom. The van der Waals surface area contributed by atoms with Crippen molar-refractivity contribution < 1.29 is 19.0 Å². The Bertz CT molecular complexity index is 758. The zero-order chi connectivity index (χ0) is 17.8. The van der Waals surface area contributed by atoms with Crippen LogP contribution < -0.4 is 4.74 Å². The summed E-state index contributed by atoms with van der Waals surface area (Å²) in [7, 11) is 1.44. The molecule has 2 aromatic carbocycles. The highest BCUT2D eigenvalue weighted by Crippen LogP contribution is 2.21. The highest BCUT2D eigenvalue weighted by Gasteiger charge is 2.23. The Morgan fingerprint density at radius 3 is 2.52 bits per heavy atom. The van der Waals surface area contributed by atoms with Crippen LogP contribution in [0.2, 0.25) is 0 Å². The standard InChI is InChI=1S/C19H21FN2O3/c1-25-18-7-6-14(12-16(18)20)13-21-8-10-22(11-9-21)19(24)15-4-2-3-5-17(15)23/h2-7,12,23H,8-11,13H2,1H3. The average molecular weight is 344 g/mol. The summed E-state index contributed by atoms with van der Waals surface area (Å²) in [6.07, 6.45) is 0. The maximum Gasteiger partial charge on any atom is 0.257 e. The van der Waals surface area contributed by atoms with Crippen molar-refractivity contribution in [2.75, 3.05) is 33.3 Å². The van der Waals surface area contributed by atoms with E-state index >= 15 is 0 Å². The second kappa shape index (κ2) is 7.53. The fraction of sp³-hybridized carbons (Fsp3) is 0.316. The van der Waals surface area contributed by atoms with Gasteiger partial charge in [0.15, 0.2) is 11.6 Å². The van der Waals surface area contributed by atoms with Crippen molar-refractivity contribution in [3.63, 3.8) is 0 Å². The van der Waals surface area contributed by atoms with E-state index in [-0.39, 0.29) is 23.2 Å². The van der Waals surface area contributed by atoms with Crippen molar-refractivity contribution >= 4 is 5.91 Å². The van der Waals surface area contributed by atoms with Gasteiger partial charge in [0.05, 0.1) is 12.7 Å². The van der Waals surface area contributed by atoms with Crippen molar-refractivity contribution in [1.29, 1.82) is 0 Å². The largest absolute Gasteiger partial charge is 0.507 e. The molecule has 0 radical (unpaired) electrons. The molecular formula is C19H21FN2O3. The van der Waals surface area contributed by atoms with E-state index in [1.165, 1.54) is 19.2 Å². The third kappa shape index (κ3) is 3.91. The van der Waals surface area contributed by atoms with Crippen molar-refractivity contribution in [2.45, 2.75) is 6.54 Å². The smallest absolute Gasteiger partial charge is 0.257 e. The number of phenolic OH excluding ortho intramolecular Hbond substituents is 1. The van der Waals surface area contributed by atoms with Gasteiger partial charge in [-0.05, 0) is 29.8 Å². The van der Waals surface area contributed by atoms with Gasteiger partial charge in [-0.25, -0.2) is 4.39 Å². The zero-order valence-electron chi connectivity index (χ0n) is 14.1. The minimum atomic E-state index is -0.367. The lowest BCUT2D eigenvalue weighted by atomic mass is 10.1. The first-order chi connectivity index (χ1) is 12.1. The lowest BCUT2D eigenvalue weighted by Crippen LogP contribution is -2.48. The molecule has 0 spiro atoms. The highest BCUT2D eigenvalue weighted by atomic mass is 19.1. The minimum absolute atomic E-state index is 0.00337. The van der Waals surface area contributed by atoms with Gasteiger partial charge in [-0.1, -0.05) is 18.2 Å². The summed E-state index contributed by atoms with van der Waals surface area (Å²) in [5.41, 5.74) is 1.20. The van der Waals surface area contributed by atoms with Crippen LogP contribution in [-0.4, -0.2) is 54.1 Å². The number of ether oxygens (including phenoxy) is 1. The summed E-state index contributed by atoms with van der Waals surface area (Å²) in [6, 6.07) is 11.5. The zero-order valence-corrected chi connectivity index (χ0v) is 14.1. The molecule has 1 aliphatic heterocycles. The van der Waals surface area contributed by atoms with Crippen molar-refractivity contribution in [3.8, 4) is 11.5 Å². The predicted octanol–water partition coefficient (Wildman–Crippen LogP) is 2.50. The van der Waals surface area contributed by atoms with Crippen LogP contribution >= 0.6 is 0 Å². The number of phenols is 1. The van der Waals surface area contributed by atoms with Crippen LogP contribution in [0.15, 0.2) is 42.5 Å². The molecule has 0 aliphatic carbocycles. The molecule has 0 bridgehead atoms. The number of aromatic hydroxyl groups is 1. The first-order valence-corrected chi connectivity index (χ1v) is 8.20. The lowest BCUT2D eigenvalue weighted by Gasteiger charge is -2.34. The van der Waals surface area contributed by atoms with E-state index in [1.807, 2.05) is 6.07 Å². The topological polar surface area (TPSA) is 53.0 Å². The number of hydrogen-bond donors (Lipinski definition) is 1. The molecule has 0 saturated carbocycles. The minimum Gasteiger partial charge on any atom is -0.507 e. The fourth-order valence-electron chi connectivity index (χ4n) is 3.00. The molecule has 1 saturated heterocycles. The highest BCUT2D eigenvalue weighted by molar-refractivity contribution is 5.96. The summed E-state index contributed by atoms with van der Waals surface area (Å²) >= 11 is 0. The van der Waals surface area contributed by atoms with Crippen LogP contribution in [-0.2, 0) is 6.54 Å². The van der Waals surface area contributed by atoms with Crippen molar-refractivity contribution in [1.82, 2.24) is 9.80 Å².